The molecule has 1 saturated heterocycles. The van der Waals surface area contributed by atoms with E-state index in [2.05, 4.69) is 5.32 Å². The van der Waals surface area contributed by atoms with Gasteiger partial charge in [-0.25, -0.2) is 4.39 Å². The second-order valence-corrected chi connectivity index (χ2v) is 9.22. The molecular formula is C23H27ClFN2O2-. The standard InChI is InChI=1S/C23H28ClFN2O2/c1-23(2,3)21-14-17(10-11-27(21)22(28)29)26-20-9-5-8-19(25)18(20)13-15-6-4-7-16(24)12-15/h4-9,12,17,21,26H,10-11,13-14H2,1-3H3,(H,28,29)/p-1. The van der Waals surface area contributed by atoms with E-state index in [9.17, 15) is 14.3 Å². The summed E-state index contributed by atoms with van der Waals surface area (Å²) in [4.78, 5) is 13.0. The molecule has 2 unspecified atom stereocenters. The first-order valence-corrected chi connectivity index (χ1v) is 10.3. The highest BCUT2D eigenvalue weighted by molar-refractivity contribution is 6.30. The summed E-state index contributed by atoms with van der Waals surface area (Å²) in [6, 6.07) is 12.3. The van der Waals surface area contributed by atoms with Crippen LogP contribution in [0.2, 0.25) is 5.02 Å². The van der Waals surface area contributed by atoms with Crippen molar-refractivity contribution in [1.29, 1.82) is 0 Å². The van der Waals surface area contributed by atoms with Crippen molar-refractivity contribution in [3.05, 3.63) is 64.4 Å². The van der Waals surface area contributed by atoms with E-state index in [-0.39, 0.29) is 23.3 Å². The van der Waals surface area contributed by atoms with Gasteiger partial charge >= 0.3 is 0 Å². The lowest BCUT2D eigenvalue weighted by Gasteiger charge is -2.47. The van der Waals surface area contributed by atoms with Crippen molar-refractivity contribution >= 4 is 23.4 Å². The van der Waals surface area contributed by atoms with Crippen LogP contribution >= 0.6 is 11.6 Å². The summed E-state index contributed by atoms with van der Waals surface area (Å²) in [6.07, 6.45) is 0.588. The first-order valence-electron chi connectivity index (χ1n) is 9.91. The van der Waals surface area contributed by atoms with Crippen LogP contribution in [-0.4, -0.2) is 29.6 Å². The Balaban J connectivity index is 1.81. The molecule has 2 atom stereocenters. The lowest BCUT2D eigenvalue weighted by atomic mass is 9.79. The van der Waals surface area contributed by atoms with E-state index in [4.69, 9.17) is 11.6 Å². The molecule has 0 aromatic heterocycles. The summed E-state index contributed by atoms with van der Waals surface area (Å²) in [5.41, 5.74) is 2.05. The van der Waals surface area contributed by atoms with Crippen LogP contribution in [0.15, 0.2) is 42.5 Å². The SMILES string of the molecule is CC(C)(C)C1CC(Nc2cccc(F)c2Cc2cccc(Cl)c2)CCN1C(=O)[O-]. The van der Waals surface area contributed by atoms with Crippen molar-refractivity contribution in [2.24, 2.45) is 5.41 Å². The molecule has 0 saturated carbocycles. The van der Waals surface area contributed by atoms with Crippen LogP contribution in [0.5, 0.6) is 0 Å². The minimum Gasteiger partial charge on any atom is -0.530 e. The van der Waals surface area contributed by atoms with Crippen LogP contribution in [0.1, 0.15) is 44.7 Å². The molecule has 2 aromatic rings. The number of rotatable bonds is 4. The normalized spacial score (nSPS) is 19.8. The van der Waals surface area contributed by atoms with E-state index in [1.807, 2.05) is 45.0 Å². The first-order chi connectivity index (χ1) is 13.6. The third kappa shape index (κ3) is 5.21. The minimum absolute atomic E-state index is 0.0507. The number of carboxylic acid groups (broad SMARTS) is 1. The molecule has 0 radical (unpaired) electrons. The molecule has 3 rings (SSSR count). The number of benzene rings is 2. The number of carbonyl (C=O) groups is 1. The molecular weight excluding hydrogens is 391 g/mol. The van der Waals surface area contributed by atoms with E-state index in [0.717, 1.165) is 11.3 Å². The quantitative estimate of drug-likeness (QED) is 0.784. The van der Waals surface area contributed by atoms with Gasteiger partial charge in [-0.05, 0) is 48.1 Å². The summed E-state index contributed by atoms with van der Waals surface area (Å²) in [7, 11) is 0. The zero-order chi connectivity index (χ0) is 21.2. The number of piperidine rings is 1. The van der Waals surface area contributed by atoms with Crippen LogP contribution in [0.4, 0.5) is 14.9 Å². The summed E-state index contributed by atoms with van der Waals surface area (Å²) < 4.78 is 14.7. The Labute approximate surface area is 176 Å². The van der Waals surface area contributed by atoms with Crippen LogP contribution in [-0.2, 0) is 6.42 Å². The number of anilines is 1. The number of likely N-dealkylation sites (tertiary alicyclic amines) is 1. The molecule has 0 aliphatic carbocycles. The summed E-state index contributed by atoms with van der Waals surface area (Å²) in [6.45, 7) is 6.50. The number of nitrogens with one attached hydrogen (secondary N) is 1. The molecule has 1 fully saturated rings. The number of hydrogen-bond donors (Lipinski definition) is 1. The maximum Gasteiger partial charge on any atom is 0.137 e. The zero-order valence-electron chi connectivity index (χ0n) is 17.0. The maximum absolute atomic E-state index is 14.7. The largest absolute Gasteiger partial charge is 0.530 e. The minimum atomic E-state index is -1.13. The van der Waals surface area contributed by atoms with Gasteiger partial charge in [0.25, 0.3) is 0 Å². The van der Waals surface area contributed by atoms with Crippen molar-refractivity contribution in [3.63, 3.8) is 0 Å². The van der Waals surface area contributed by atoms with Gasteiger partial charge in [-0.3, -0.25) is 0 Å². The number of hydrogen-bond acceptors (Lipinski definition) is 3. The molecule has 0 bridgehead atoms. The maximum atomic E-state index is 14.7. The molecule has 6 heteroatoms. The molecule has 29 heavy (non-hydrogen) atoms. The Morgan fingerprint density at radius 1 is 1.28 bits per heavy atom. The molecule has 1 N–H and O–H groups in total. The Hall–Kier alpha value is -2.27. The third-order valence-corrected chi connectivity index (χ3v) is 5.82. The molecule has 4 nitrogen and oxygen atoms in total. The Bertz CT molecular complexity index is 881. The van der Waals surface area contributed by atoms with Gasteiger partial charge in [0.1, 0.15) is 11.9 Å². The highest BCUT2D eigenvalue weighted by Crippen LogP contribution is 2.34. The average molecular weight is 418 g/mol. The topological polar surface area (TPSA) is 55.4 Å². The first kappa shape index (κ1) is 21.4. The fourth-order valence-electron chi connectivity index (χ4n) is 4.08. The van der Waals surface area contributed by atoms with Crippen LogP contribution < -0.4 is 10.4 Å². The molecule has 1 aliphatic rings. The smallest absolute Gasteiger partial charge is 0.137 e. The summed E-state index contributed by atoms with van der Waals surface area (Å²) >= 11 is 6.08. The summed E-state index contributed by atoms with van der Waals surface area (Å²) in [5, 5.41) is 15.6. The highest BCUT2D eigenvalue weighted by Gasteiger charge is 2.36. The lowest BCUT2D eigenvalue weighted by Crippen LogP contribution is -2.57. The Morgan fingerprint density at radius 2 is 2.00 bits per heavy atom. The fourth-order valence-corrected chi connectivity index (χ4v) is 4.29. The van der Waals surface area contributed by atoms with E-state index >= 15 is 0 Å². The second kappa shape index (κ2) is 8.62. The molecule has 156 valence electrons. The number of halogens is 2. The van der Waals surface area contributed by atoms with Crippen molar-refractivity contribution < 1.29 is 14.3 Å². The van der Waals surface area contributed by atoms with Gasteiger partial charge in [-0.15, -0.1) is 0 Å². The fraction of sp³-hybridized carbons (Fsp3) is 0.435. The molecule has 1 amide bonds. The van der Waals surface area contributed by atoms with Crippen molar-refractivity contribution in [2.45, 2.75) is 52.1 Å². The van der Waals surface area contributed by atoms with E-state index < -0.39 is 6.09 Å². The molecule has 2 aromatic carbocycles. The van der Waals surface area contributed by atoms with E-state index in [0.29, 0.717) is 36.4 Å². The van der Waals surface area contributed by atoms with Crippen LogP contribution in [0.3, 0.4) is 0 Å². The molecule has 1 aliphatic heterocycles. The van der Waals surface area contributed by atoms with E-state index in [1.54, 1.807) is 12.1 Å². The predicted molar refractivity (Wildman–Crippen MR) is 113 cm³/mol. The van der Waals surface area contributed by atoms with Gasteiger partial charge < -0.3 is 20.1 Å². The van der Waals surface area contributed by atoms with Crippen LogP contribution in [0, 0.1) is 11.2 Å². The zero-order valence-corrected chi connectivity index (χ0v) is 17.8. The average Bonchev–Trinajstić information content (AvgIpc) is 2.64. The van der Waals surface area contributed by atoms with Crippen molar-refractivity contribution in [3.8, 4) is 0 Å². The Kier molecular flexibility index (Phi) is 6.37. The third-order valence-electron chi connectivity index (χ3n) is 5.59. The van der Waals surface area contributed by atoms with Gasteiger partial charge in [0, 0.05) is 41.3 Å². The number of carbonyl (C=O) groups excluding carboxylic acids is 1. The Morgan fingerprint density at radius 3 is 2.66 bits per heavy atom. The molecule has 1 heterocycles. The highest BCUT2D eigenvalue weighted by atomic mass is 35.5. The second-order valence-electron chi connectivity index (χ2n) is 8.78. The number of nitrogens with zero attached hydrogens (tertiary/aromatic N) is 1. The predicted octanol–water partition coefficient (Wildman–Crippen LogP) is 4.70. The van der Waals surface area contributed by atoms with Crippen molar-refractivity contribution in [2.75, 3.05) is 11.9 Å². The van der Waals surface area contributed by atoms with Crippen LogP contribution in [0.25, 0.3) is 0 Å². The van der Waals surface area contributed by atoms with Gasteiger partial charge in [0.15, 0.2) is 0 Å². The number of amides is 1. The van der Waals surface area contributed by atoms with Crippen molar-refractivity contribution in [1.82, 2.24) is 4.90 Å². The van der Waals surface area contributed by atoms with Gasteiger partial charge in [-0.2, -0.15) is 0 Å². The van der Waals surface area contributed by atoms with E-state index in [1.165, 1.54) is 11.0 Å². The molecule has 0 spiro atoms. The lowest BCUT2D eigenvalue weighted by molar-refractivity contribution is -0.271. The van der Waals surface area contributed by atoms with Gasteiger partial charge in [-0.1, -0.05) is 50.6 Å². The van der Waals surface area contributed by atoms with Gasteiger partial charge in [0.2, 0.25) is 0 Å². The summed E-state index contributed by atoms with van der Waals surface area (Å²) in [5.74, 6) is -0.269. The monoisotopic (exact) mass is 417 g/mol. The van der Waals surface area contributed by atoms with Gasteiger partial charge in [0.05, 0.1) is 0 Å².